The highest BCUT2D eigenvalue weighted by atomic mass is 14.9. The van der Waals surface area contributed by atoms with Gasteiger partial charge in [-0.15, -0.1) is 0 Å². The average Bonchev–Trinajstić information content (AvgIpc) is 2.92. The Labute approximate surface area is 196 Å². The van der Waals surface area contributed by atoms with Crippen LogP contribution < -0.4 is 0 Å². The van der Waals surface area contributed by atoms with E-state index >= 15 is 0 Å². The van der Waals surface area contributed by atoms with Gasteiger partial charge in [-0.1, -0.05) is 84.9 Å². The van der Waals surface area contributed by atoms with Gasteiger partial charge in [0.15, 0.2) is 5.82 Å². The van der Waals surface area contributed by atoms with E-state index in [0.29, 0.717) is 5.82 Å². The van der Waals surface area contributed by atoms with Crippen molar-refractivity contribution in [1.82, 2.24) is 15.0 Å². The van der Waals surface area contributed by atoms with E-state index in [1.807, 2.05) is 24.4 Å². The number of rotatable bonds is 2. The Morgan fingerprint density at radius 2 is 1.18 bits per heavy atom. The van der Waals surface area contributed by atoms with Crippen molar-refractivity contribution < 1.29 is 0 Å². The van der Waals surface area contributed by atoms with Crippen molar-refractivity contribution in [3.05, 3.63) is 115 Å². The van der Waals surface area contributed by atoms with Gasteiger partial charge < -0.3 is 0 Å². The first-order valence-corrected chi connectivity index (χ1v) is 11.4. The second kappa shape index (κ2) is 7.46. The Morgan fingerprint density at radius 3 is 2.09 bits per heavy atom. The van der Waals surface area contributed by atoms with Crippen molar-refractivity contribution in [2.24, 2.45) is 0 Å². The van der Waals surface area contributed by atoms with Crippen molar-refractivity contribution in [2.75, 3.05) is 0 Å². The van der Waals surface area contributed by atoms with Crippen LogP contribution >= 0.6 is 0 Å². The molecule has 34 heavy (non-hydrogen) atoms. The summed E-state index contributed by atoms with van der Waals surface area (Å²) in [5, 5.41) is 6.99. The number of hydrogen-bond donors (Lipinski definition) is 0. The molecule has 0 spiro atoms. The highest BCUT2D eigenvalue weighted by Crippen LogP contribution is 2.38. The molecule has 0 bridgehead atoms. The average molecular weight is 434 g/mol. The molecular formula is C31H19N3. The minimum atomic E-state index is 0.690. The quantitative estimate of drug-likeness (QED) is 0.261. The Morgan fingerprint density at radius 1 is 0.471 bits per heavy atom. The lowest BCUT2D eigenvalue weighted by Gasteiger charge is -2.14. The fourth-order valence-corrected chi connectivity index (χ4v) is 4.94. The summed E-state index contributed by atoms with van der Waals surface area (Å²) in [6, 6.07) is 37.9. The van der Waals surface area contributed by atoms with Crippen molar-refractivity contribution >= 4 is 43.4 Å². The van der Waals surface area contributed by atoms with Gasteiger partial charge in [-0.2, -0.15) is 0 Å². The second-order valence-corrected chi connectivity index (χ2v) is 8.48. The first-order valence-electron chi connectivity index (χ1n) is 11.4. The maximum atomic E-state index is 5.20. The monoisotopic (exact) mass is 433 g/mol. The molecule has 158 valence electrons. The second-order valence-electron chi connectivity index (χ2n) is 8.48. The summed E-state index contributed by atoms with van der Waals surface area (Å²) in [6.45, 7) is 0. The number of benzene rings is 5. The molecule has 7 aromatic rings. The molecule has 2 heterocycles. The van der Waals surface area contributed by atoms with Crippen LogP contribution in [-0.4, -0.2) is 15.0 Å². The van der Waals surface area contributed by atoms with E-state index in [1.54, 1.807) is 0 Å². The fourth-order valence-electron chi connectivity index (χ4n) is 4.94. The minimum Gasteiger partial charge on any atom is -0.255 e. The van der Waals surface area contributed by atoms with Gasteiger partial charge in [-0.25, -0.2) is 9.97 Å². The van der Waals surface area contributed by atoms with Crippen LogP contribution in [0.1, 0.15) is 0 Å². The van der Waals surface area contributed by atoms with Gasteiger partial charge >= 0.3 is 0 Å². The SMILES string of the molecule is c1cnc2c(-c3nc(-c4cc5ccccc5c5ccccc45)c4ccccc4n3)cccc2c1. The van der Waals surface area contributed by atoms with Gasteiger partial charge in [0.25, 0.3) is 0 Å². The summed E-state index contributed by atoms with van der Waals surface area (Å²) in [6.07, 6.45) is 1.82. The van der Waals surface area contributed by atoms with Crippen molar-refractivity contribution in [3.63, 3.8) is 0 Å². The molecule has 0 atom stereocenters. The number of fused-ring (bicyclic) bond motifs is 5. The number of pyridine rings is 1. The molecule has 0 radical (unpaired) electrons. The molecule has 0 N–H and O–H groups in total. The summed E-state index contributed by atoms with van der Waals surface area (Å²) in [5.74, 6) is 0.690. The zero-order chi connectivity index (χ0) is 22.5. The van der Waals surface area contributed by atoms with Crippen LogP contribution in [0.25, 0.3) is 66.0 Å². The third-order valence-electron chi connectivity index (χ3n) is 6.50. The summed E-state index contributed by atoms with van der Waals surface area (Å²) >= 11 is 0. The van der Waals surface area contributed by atoms with E-state index in [-0.39, 0.29) is 0 Å². The van der Waals surface area contributed by atoms with Gasteiger partial charge in [0.2, 0.25) is 0 Å². The van der Waals surface area contributed by atoms with Crippen LogP contribution in [0, 0.1) is 0 Å². The predicted octanol–water partition coefficient (Wildman–Crippen LogP) is 7.82. The van der Waals surface area contributed by atoms with Crippen LogP contribution in [0.5, 0.6) is 0 Å². The Bertz CT molecular complexity index is 1870. The van der Waals surface area contributed by atoms with Gasteiger partial charge in [-0.3, -0.25) is 4.98 Å². The Hall–Kier alpha value is -4.63. The molecule has 0 amide bonds. The molecule has 2 aromatic heterocycles. The normalized spacial score (nSPS) is 11.5. The van der Waals surface area contributed by atoms with Crippen molar-refractivity contribution in [3.8, 4) is 22.6 Å². The molecule has 3 heteroatoms. The van der Waals surface area contributed by atoms with Crippen LogP contribution in [0.3, 0.4) is 0 Å². The van der Waals surface area contributed by atoms with Crippen LogP contribution in [-0.2, 0) is 0 Å². The highest BCUT2D eigenvalue weighted by molar-refractivity contribution is 6.15. The van der Waals surface area contributed by atoms with Crippen molar-refractivity contribution in [1.29, 1.82) is 0 Å². The lowest BCUT2D eigenvalue weighted by atomic mass is 9.94. The molecule has 0 aliphatic carbocycles. The molecular weight excluding hydrogens is 414 g/mol. The molecule has 0 saturated carbocycles. The largest absolute Gasteiger partial charge is 0.255 e. The van der Waals surface area contributed by atoms with E-state index in [1.165, 1.54) is 21.5 Å². The smallest absolute Gasteiger partial charge is 0.162 e. The topological polar surface area (TPSA) is 38.7 Å². The zero-order valence-electron chi connectivity index (χ0n) is 18.3. The van der Waals surface area contributed by atoms with Crippen LogP contribution in [0.2, 0.25) is 0 Å². The molecule has 0 unspecified atom stereocenters. The lowest BCUT2D eigenvalue weighted by Crippen LogP contribution is -1.97. The van der Waals surface area contributed by atoms with Gasteiger partial charge in [-0.05, 0) is 45.8 Å². The summed E-state index contributed by atoms with van der Waals surface area (Å²) in [7, 11) is 0. The maximum Gasteiger partial charge on any atom is 0.162 e. The fraction of sp³-hybridized carbons (Fsp3) is 0. The summed E-state index contributed by atoms with van der Waals surface area (Å²) < 4.78 is 0. The third kappa shape index (κ3) is 2.87. The van der Waals surface area contributed by atoms with Crippen LogP contribution in [0.15, 0.2) is 115 Å². The lowest BCUT2D eigenvalue weighted by molar-refractivity contribution is 1.23. The first-order chi connectivity index (χ1) is 16.9. The van der Waals surface area contributed by atoms with Gasteiger partial charge in [0.1, 0.15) is 0 Å². The predicted molar refractivity (Wildman–Crippen MR) is 141 cm³/mol. The summed E-state index contributed by atoms with van der Waals surface area (Å²) in [4.78, 5) is 14.8. The standard InChI is InChI=1S/C31H19N3/c1-2-12-22-21(9-1)19-27(24-14-4-3-13-23(22)24)30-25-15-5-6-17-28(25)33-31(34-30)26-16-7-10-20-11-8-18-32-29(20)26/h1-19H. The van der Waals surface area contributed by atoms with E-state index in [9.17, 15) is 0 Å². The number of hydrogen-bond acceptors (Lipinski definition) is 3. The molecule has 3 nitrogen and oxygen atoms in total. The van der Waals surface area contributed by atoms with Gasteiger partial charge in [0, 0.05) is 28.1 Å². The number of nitrogens with zero attached hydrogens (tertiary/aromatic N) is 3. The van der Waals surface area contributed by atoms with E-state index in [4.69, 9.17) is 9.97 Å². The van der Waals surface area contributed by atoms with Crippen LogP contribution in [0.4, 0.5) is 0 Å². The summed E-state index contributed by atoms with van der Waals surface area (Å²) in [5.41, 5.74) is 4.83. The molecule has 0 saturated heterocycles. The van der Waals surface area contributed by atoms with E-state index in [2.05, 4.69) is 96.0 Å². The molecule has 0 aliphatic heterocycles. The van der Waals surface area contributed by atoms with Gasteiger partial charge in [0.05, 0.1) is 16.7 Å². The van der Waals surface area contributed by atoms with Crippen molar-refractivity contribution in [2.45, 2.75) is 0 Å². The molecule has 0 fully saturated rings. The third-order valence-corrected chi connectivity index (χ3v) is 6.50. The molecule has 7 rings (SSSR count). The van der Waals surface area contributed by atoms with E-state index < -0.39 is 0 Å². The maximum absolute atomic E-state index is 5.20. The zero-order valence-corrected chi connectivity index (χ0v) is 18.3. The molecule has 0 aliphatic rings. The Kier molecular flexibility index (Phi) is 4.15. The number of aromatic nitrogens is 3. The Balaban J connectivity index is 1.61. The highest BCUT2D eigenvalue weighted by Gasteiger charge is 2.16. The molecule has 5 aromatic carbocycles. The van der Waals surface area contributed by atoms with E-state index in [0.717, 1.165) is 38.6 Å². The number of para-hydroxylation sites is 2. The first kappa shape index (κ1) is 18.9. The minimum absolute atomic E-state index is 0.690.